The van der Waals surface area contributed by atoms with Gasteiger partial charge < -0.3 is 9.74 Å². The molecule has 3 heterocycles. The SMILES string of the molecule is CC/C=C\C=C/CCO/N=C/CN1CCc2nn(C3=CCCN=C3)cc2C1=O. The predicted octanol–water partition coefficient (Wildman–Crippen LogP) is 3.11. The van der Waals surface area contributed by atoms with Crippen molar-refractivity contribution in [3.05, 3.63) is 47.8 Å². The van der Waals surface area contributed by atoms with Gasteiger partial charge in [0.05, 0.1) is 29.7 Å². The van der Waals surface area contributed by atoms with Crippen LogP contribution in [0.15, 0.2) is 46.7 Å². The minimum atomic E-state index is -0.0158. The Balaban J connectivity index is 1.46. The summed E-state index contributed by atoms with van der Waals surface area (Å²) < 4.78 is 1.76. The van der Waals surface area contributed by atoms with E-state index < -0.39 is 0 Å². The number of amides is 1. The third-order valence-electron chi connectivity index (χ3n) is 4.47. The van der Waals surface area contributed by atoms with Gasteiger partial charge in [0.15, 0.2) is 0 Å². The Morgan fingerprint density at radius 3 is 3.04 bits per heavy atom. The number of dihydropyridines is 1. The molecule has 1 aromatic heterocycles. The highest BCUT2D eigenvalue weighted by Crippen LogP contribution is 2.19. The van der Waals surface area contributed by atoms with E-state index in [1.807, 2.05) is 24.4 Å². The molecular formula is C21H27N5O2. The van der Waals surface area contributed by atoms with Gasteiger partial charge in [0.2, 0.25) is 0 Å². The van der Waals surface area contributed by atoms with Crippen molar-refractivity contribution >= 4 is 24.0 Å². The van der Waals surface area contributed by atoms with E-state index in [0.29, 0.717) is 25.3 Å². The summed E-state index contributed by atoms with van der Waals surface area (Å²) in [4.78, 5) is 24.0. The Kier molecular flexibility index (Phi) is 7.35. The molecule has 7 nitrogen and oxygen atoms in total. The molecule has 2 aliphatic heterocycles. The first kappa shape index (κ1) is 19.8. The van der Waals surface area contributed by atoms with Crippen LogP contribution in [0.5, 0.6) is 0 Å². The molecule has 28 heavy (non-hydrogen) atoms. The fourth-order valence-electron chi connectivity index (χ4n) is 2.99. The maximum Gasteiger partial charge on any atom is 0.257 e. The van der Waals surface area contributed by atoms with E-state index in [4.69, 9.17) is 4.84 Å². The Labute approximate surface area is 165 Å². The third kappa shape index (κ3) is 5.28. The lowest BCUT2D eigenvalue weighted by Gasteiger charge is -2.24. The summed E-state index contributed by atoms with van der Waals surface area (Å²) in [7, 11) is 0. The van der Waals surface area contributed by atoms with Crippen LogP contribution < -0.4 is 0 Å². The molecule has 1 aromatic rings. The van der Waals surface area contributed by atoms with E-state index in [1.165, 1.54) is 0 Å². The van der Waals surface area contributed by atoms with Crippen molar-refractivity contribution in [2.45, 2.75) is 32.6 Å². The predicted molar refractivity (Wildman–Crippen MR) is 112 cm³/mol. The fraction of sp³-hybridized carbons (Fsp3) is 0.429. The molecule has 0 spiro atoms. The van der Waals surface area contributed by atoms with Crippen molar-refractivity contribution < 1.29 is 9.63 Å². The van der Waals surface area contributed by atoms with Crippen LogP contribution >= 0.6 is 0 Å². The monoisotopic (exact) mass is 381 g/mol. The van der Waals surface area contributed by atoms with Crippen molar-refractivity contribution in [2.75, 3.05) is 26.2 Å². The maximum atomic E-state index is 12.7. The van der Waals surface area contributed by atoms with Crippen LogP contribution in [0, 0.1) is 0 Å². The number of aliphatic imine (C=N–C) groups is 1. The Morgan fingerprint density at radius 1 is 1.32 bits per heavy atom. The lowest BCUT2D eigenvalue weighted by molar-refractivity contribution is 0.0763. The van der Waals surface area contributed by atoms with Crippen molar-refractivity contribution in [1.82, 2.24) is 14.7 Å². The zero-order valence-corrected chi connectivity index (χ0v) is 16.3. The zero-order chi connectivity index (χ0) is 19.6. The van der Waals surface area contributed by atoms with Crippen LogP contribution in [-0.2, 0) is 11.3 Å². The number of allylic oxidation sites excluding steroid dienone is 4. The van der Waals surface area contributed by atoms with E-state index in [-0.39, 0.29) is 5.91 Å². The van der Waals surface area contributed by atoms with Gasteiger partial charge in [-0.2, -0.15) is 5.10 Å². The second-order valence-corrected chi connectivity index (χ2v) is 6.56. The van der Waals surface area contributed by atoms with Crippen LogP contribution in [-0.4, -0.2) is 59.3 Å². The lowest BCUT2D eigenvalue weighted by Crippen LogP contribution is -2.38. The van der Waals surface area contributed by atoms with Crippen LogP contribution in [0.3, 0.4) is 0 Å². The molecule has 7 heteroatoms. The lowest BCUT2D eigenvalue weighted by atomic mass is 10.1. The fourth-order valence-corrected chi connectivity index (χ4v) is 2.99. The molecule has 0 radical (unpaired) electrons. The van der Waals surface area contributed by atoms with E-state index >= 15 is 0 Å². The van der Waals surface area contributed by atoms with Gasteiger partial charge in [-0.1, -0.05) is 42.5 Å². The number of oxime groups is 1. The number of fused-ring (bicyclic) bond motifs is 1. The molecular weight excluding hydrogens is 354 g/mol. The number of rotatable bonds is 9. The molecule has 0 atom stereocenters. The molecule has 0 aliphatic carbocycles. The molecule has 3 rings (SSSR count). The largest absolute Gasteiger partial charge is 0.396 e. The molecule has 0 saturated heterocycles. The third-order valence-corrected chi connectivity index (χ3v) is 4.47. The highest BCUT2D eigenvalue weighted by molar-refractivity contribution is 6.03. The first-order chi connectivity index (χ1) is 13.8. The first-order valence-electron chi connectivity index (χ1n) is 9.83. The van der Waals surface area contributed by atoms with E-state index in [1.54, 1.807) is 22.0 Å². The van der Waals surface area contributed by atoms with Crippen molar-refractivity contribution in [1.29, 1.82) is 0 Å². The molecule has 0 aromatic carbocycles. The quantitative estimate of drug-likeness (QED) is 0.286. The van der Waals surface area contributed by atoms with Gasteiger partial charge in [-0.25, -0.2) is 4.68 Å². The Hall–Kier alpha value is -2.96. The normalized spacial score (nSPS) is 17.1. The zero-order valence-electron chi connectivity index (χ0n) is 16.3. The Morgan fingerprint density at radius 2 is 2.21 bits per heavy atom. The van der Waals surface area contributed by atoms with Crippen LogP contribution in [0.4, 0.5) is 0 Å². The molecule has 2 aliphatic rings. The number of carbonyl (C=O) groups excluding carboxylic acids is 1. The van der Waals surface area contributed by atoms with Gasteiger partial charge >= 0.3 is 0 Å². The number of hydrogen-bond donors (Lipinski definition) is 0. The van der Waals surface area contributed by atoms with Crippen molar-refractivity contribution in [3.63, 3.8) is 0 Å². The van der Waals surface area contributed by atoms with Gasteiger partial charge in [-0.05, 0) is 12.8 Å². The highest BCUT2D eigenvalue weighted by atomic mass is 16.6. The van der Waals surface area contributed by atoms with Gasteiger partial charge in [-0.15, -0.1) is 0 Å². The minimum Gasteiger partial charge on any atom is -0.396 e. The molecule has 1 amide bonds. The summed E-state index contributed by atoms with van der Waals surface area (Å²) in [6, 6.07) is 0. The second kappa shape index (κ2) is 10.4. The molecule has 0 bridgehead atoms. The first-order valence-corrected chi connectivity index (χ1v) is 9.83. The highest BCUT2D eigenvalue weighted by Gasteiger charge is 2.27. The maximum absolute atomic E-state index is 12.7. The average Bonchev–Trinajstić information content (AvgIpc) is 3.17. The van der Waals surface area contributed by atoms with Crippen molar-refractivity contribution in [2.24, 2.45) is 10.1 Å². The summed E-state index contributed by atoms with van der Waals surface area (Å²) in [5.74, 6) is -0.0158. The molecule has 0 fully saturated rings. The summed E-state index contributed by atoms with van der Waals surface area (Å²) in [5, 5.41) is 8.51. The second-order valence-electron chi connectivity index (χ2n) is 6.56. The summed E-state index contributed by atoms with van der Waals surface area (Å²) in [6.07, 6.45) is 19.0. The van der Waals surface area contributed by atoms with Crippen LogP contribution in [0.2, 0.25) is 0 Å². The van der Waals surface area contributed by atoms with Crippen molar-refractivity contribution in [3.8, 4) is 0 Å². The van der Waals surface area contributed by atoms with E-state index in [0.717, 1.165) is 43.6 Å². The minimum absolute atomic E-state index is 0.0158. The van der Waals surface area contributed by atoms with Crippen LogP contribution in [0.1, 0.15) is 42.2 Å². The summed E-state index contributed by atoms with van der Waals surface area (Å²) >= 11 is 0. The van der Waals surface area contributed by atoms with E-state index in [2.05, 4.69) is 34.3 Å². The smallest absolute Gasteiger partial charge is 0.257 e. The molecule has 0 N–H and O–H groups in total. The topological polar surface area (TPSA) is 72.1 Å². The number of aromatic nitrogens is 2. The van der Waals surface area contributed by atoms with E-state index in [9.17, 15) is 4.79 Å². The summed E-state index contributed by atoms with van der Waals surface area (Å²) in [5.41, 5.74) is 2.43. The molecule has 0 unspecified atom stereocenters. The van der Waals surface area contributed by atoms with Gasteiger partial charge in [0.25, 0.3) is 5.91 Å². The standard InChI is InChI=1S/C21H27N5O2/c1-2-3-4-5-6-7-15-28-23-12-14-25-13-10-20-19(21(25)27)17-26(24-20)18-9-8-11-22-16-18/h3-6,9,12,16-17H,2,7-8,10-11,13-15H2,1H3/b4-3-,6-5-,23-12+. The number of nitrogens with zero attached hydrogens (tertiary/aromatic N) is 5. The number of carbonyl (C=O) groups is 1. The van der Waals surface area contributed by atoms with Gasteiger partial charge in [0.1, 0.15) is 6.61 Å². The van der Waals surface area contributed by atoms with Gasteiger partial charge in [-0.3, -0.25) is 9.79 Å². The van der Waals surface area contributed by atoms with Crippen LogP contribution in [0.25, 0.3) is 5.70 Å². The molecule has 0 saturated carbocycles. The Bertz CT molecular complexity index is 817. The van der Waals surface area contributed by atoms with Gasteiger partial charge in [0, 0.05) is 38.3 Å². The summed E-state index contributed by atoms with van der Waals surface area (Å²) in [6.45, 7) is 4.50. The average molecular weight is 381 g/mol. The number of hydrogen-bond acceptors (Lipinski definition) is 5. The molecule has 148 valence electrons.